The standard InChI is InChI=1S/C7H15NO/c1-3-7(9)5-6-8-4-2/h4,7-9H,2-3,5-6H2,1H3. The normalized spacial score (nSPS) is 12.7. The Hall–Kier alpha value is -0.500. The van der Waals surface area contributed by atoms with Crippen molar-refractivity contribution in [2.24, 2.45) is 0 Å². The third-order valence-corrected chi connectivity index (χ3v) is 1.24. The molecule has 0 fully saturated rings. The summed E-state index contributed by atoms with van der Waals surface area (Å²) >= 11 is 0. The first-order chi connectivity index (χ1) is 4.31. The van der Waals surface area contributed by atoms with E-state index >= 15 is 0 Å². The molecule has 0 aliphatic heterocycles. The predicted molar refractivity (Wildman–Crippen MR) is 39.1 cm³/mol. The van der Waals surface area contributed by atoms with Crippen molar-refractivity contribution < 1.29 is 5.11 Å². The molecule has 0 aliphatic carbocycles. The summed E-state index contributed by atoms with van der Waals surface area (Å²) in [6, 6.07) is 0. The summed E-state index contributed by atoms with van der Waals surface area (Å²) < 4.78 is 0. The van der Waals surface area contributed by atoms with Crippen molar-refractivity contribution >= 4 is 0 Å². The molecule has 0 saturated carbocycles. The van der Waals surface area contributed by atoms with Crippen LogP contribution in [0.5, 0.6) is 0 Å². The maximum absolute atomic E-state index is 9.01. The SMILES string of the molecule is C=CNCCC(O)CC. The number of hydrogen-bond acceptors (Lipinski definition) is 2. The molecule has 0 aromatic carbocycles. The van der Waals surface area contributed by atoms with E-state index in [0.29, 0.717) is 0 Å². The minimum atomic E-state index is -0.155. The second-order valence-corrected chi connectivity index (χ2v) is 2.01. The van der Waals surface area contributed by atoms with Crippen LogP contribution >= 0.6 is 0 Å². The Balaban J connectivity index is 2.96. The summed E-state index contributed by atoms with van der Waals surface area (Å²) in [6.45, 7) is 6.28. The third-order valence-electron chi connectivity index (χ3n) is 1.24. The fraction of sp³-hybridized carbons (Fsp3) is 0.714. The highest BCUT2D eigenvalue weighted by atomic mass is 16.3. The second-order valence-electron chi connectivity index (χ2n) is 2.01. The van der Waals surface area contributed by atoms with Crippen molar-refractivity contribution in [2.45, 2.75) is 25.9 Å². The van der Waals surface area contributed by atoms with Gasteiger partial charge in [-0.15, -0.1) is 0 Å². The summed E-state index contributed by atoms with van der Waals surface area (Å²) in [6.07, 6.45) is 3.13. The largest absolute Gasteiger partial charge is 0.393 e. The molecular formula is C7H15NO. The first kappa shape index (κ1) is 8.50. The topological polar surface area (TPSA) is 32.3 Å². The molecule has 0 amide bonds. The lowest BCUT2D eigenvalue weighted by Crippen LogP contribution is -2.14. The molecule has 54 valence electrons. The maximum Gasteiger partial charge on any atom is 0.0554 e. The average molecular weight is 129 g/mol. The highest BCUT2D eigenvalue weighted by Crippen LogP contribution is 1.93. The Morgan fingerprint density at radius 2 is 2.44 bits per heavy atom. The van der Waals surface area contributed by atoms with Crippen molar-refractivity contribution in [3.63, 3.8) is 0 Å². The molecule has 2 nitrogen and oxygen atoms in total. The van der Waals surface area contributed by atoms with Crippen LogP contribution in [0.4, 0.5) is 0 Å². The first-order valence-corrected chi connectivity index (χ1v) is 3.33. The monoisotopic (exact) mass is 129 g/mol. The van der Waals surface area contributed by atoms with Gasteiger partial charge in [-0.05, 0) is 19.0 Å². The molecule has 1 atom stereocenters. The minimum Gasteiger partial charge on any atom is -0.393 e. The molecule has 0 heterocycles. The van der Waals surface area contributed by atoms with Gasteiger partial charge in [0.05, 0.1) is 6.10 Å². The van der Waals surface area contributed by atoms with Crippen molar-refractivity contribution in [3.05, 3.63) is 12.8 Å². The molecule has 0 aromatic rings. The Morgan fingerprint density at radius 1 is 1.78 bits per heavy atom. The fourth-order valence-corrected chi connectivity index (χ4v) is 0.556. The van der Waals surface area contributed by atoms with E-state index in [1.54, 1.807) is 6.20 Å². The highest BCUT2D eigenvalue weighted by Gasteiger charge is 1.96. The third kappa shape index (κ3) is 5.37. The van der Waals surface area contributed by atoms with Crippen molar-refractivity contribution in [1.29, 1.82) is 0 Å². The van der Waals surface area contributed by atoms with Crippen LogP contribution in [-0.2, 0) is 0 Å². The highest BCUT2D eigenvalue weighted by molar-refractivity contribution is 4.64. The molecule has 0 bridgehead atoms. The number of aliphatic hydroxyl groups is 1. The predicted octanol–water partition coefficient (Wildman–Crippen LogP) is 0.881. The van der Waals surface area contributed by atoms with Gasteiger partial charge in [0.25, 0.3) is 0 Å². The van der Waals surface area contributed by atoms with Crippen LogP contribution in [0.15, 0.2) is 12.8 Å². The summed E-state index contributed by atoms with van der Waals surface area (Å²) in [5.41, 5.74) is 0. The number of aliphatic hydroxyl groups excluding tert-OH is 1. The smallest absolute Gasteiger partial charge is 0.0554 e. The molecule has 9 heavy (non-hydrogen) atoms. The molecule has 0 aliphatic rings. The van der Waals surface area contributed by atoms with E-state index in [9.17, 15) is 0 Å². The van der Waals surface area contributed by atoms with Gasteiger partial charge in [-0.3, -0.25) is 0 Å². The molecule has 2 heteroatoms. The van der Waals surface area contributed by atoms with Gasteiger partial charge < -0.3 is 10.4 Å². The van der Waals surface area contributed by atoms with Gasteiger partial charge in [0, 0.05) is 6.54 Å². The summed E-state index contributed by atoms with van der Waals surface area (Å²) in [5, 5.41) is 11.9. The molecular weight excluding hydrogens is 114 g/mol. The van der Waals surface area contributed by atoms with E-state index in [4.69, 9.17) is 5.11 Å². The van der Waals surface area contributed by atoms with Crippen molar-refractivity contribution in [2.75, 3.05) is 6.54 Å². The quantitative estimate of drug-likeness (QED) is 0.540. The molecule has 0 spiro atoms. The molecule has 0 rings (SSSR count). The molecule has 1 unspecified atom stereocenters. The Morgan fingerprint density at radius 3 is 2.89 bits per heavy atom. The maximum atomic E-state index is 9.01. The molecule has 2 N–H and O–H groups in total. The van der Waals surface area contributed by atoms with E-state index in [-0.39, 0.29) is 6.10 Å². The lowest BCUT2D eigenvalue weighted by molar-refractivity contribution is 0.161. The second kappa shape index (κ2) is 5.63. The van der Waals surface area contributed by atoms with Crippen LogP contribution in [0.3, 0.4) is 0 Å². The minimum absolute atomic E-state index is 0.155. The van der Waals surface area contributed by atoms with Gasteiger partial charge in [0.1, 0.15) is 0 Å². The van der Waals surface area contributed by atoms with Gasteiger partial charge in [-0.25, -0.2) is 0 Å². The first-order valence-electron chi connectivity index (χ1n) is 3.33. The Labute approximate surface area is 56.6 Å². The van der Waals surface area contributed by atoms with Crippen LogP contribution in [0.25, 0.3) is 0 Å². The zero-order chi connectivity index (χ0) is 7.11. The summed E-state index contributed by atoms with van der Waals surface area (Å²) in [7, 11) is 0. The van der Waals surface area contributed by atoms with Crippen LogP contribution in [0, 0.1) is 0 Å². The molecule has 0 aromatic heterocycles. The van der Waals surface area contributed by atoms with E-state index < -0.39 is 0 Å². The van der Waals surface area contributed by atoms with Crippen LogP contribution in [0.2, 0.25) is 0 Å². The van der Waals surface area contributed by atoms with Crippen LogP contribution in [-0.4, -0.2) is 17.8 Å². The van der Waals surface area contributed by atoms with Crippen LogP contribution < -0.4 is 5.32 Å². The molecule has 0 saturated heterocycles. The van der Waals surface area contributed by atoms with Gasteiger partial charge in [-0.2, -0.15) is 0 Å². The number of nitrogens with one attached hydrogen (secondary N) is 1. The van der Waals surface area contributed by atoms with Crippen molar-refractivity contribution in [1.82, 2.24) is 5.32 Å². The zero-order valence-electron chi connectivity index (χ0n) is 5.93. The zero-order valence-corrected chi connectivity index (χ0v) is 5.93. The lowest BCUT2D eigenvalue weighted by atomic mass is 10.2. The van der Waals surface area contributed by atoms with E-state index in [1.807, 2.05) is 6.92 Å². The van der Waals surface area contributed by atoms with Gasteiger partial charge in [0.2, 0.25) is 0 Å². The molecule has 0 radical (unpaired) electrons. The summed E-state index contributed by atoms with van der Waals surface area (Å²) in [4.78, 5) is 0. The number of rotatable bonds is 5. The fourth-order valence-electron chi connectivity index (χ4n) is 0.556. The van der Waals surface area contributed by atoms with Crippen molar-refractivity contribution in [3.8, 4) is 0 Å². The number of hydrogen-bond donors (Lipinski definition) is 2. The van der Waals surface area contributed by atoms with Gasteiger partial charge in [0.15, 0.2) is 0 Å². The van der Waals surface area contributed by atoms with Crippen LogP contribution in [0.1, 0.15) is 19.8 Å². The van der Waals surface area contributed by atoms with E-state index in [2.05, 4.69) is 11.9 Å². The average Bonchev–Trinajstić information content (AvgIpc) is 1.89. The lowest BCUT2D eigenvalue weighted by Gasteiger charge is -2.05. The van der Waals surface area contributed by atoms with Gasteiger partial charge in [-0.1, -0.05) is 13.5 Å². The van der Waals surface area contributed by atoms with E-state index in [1.165, 1.54) is 0 Å². The summed E-state index contributed by atoms with van der Waals surface area (Å²) in [5.74, 6) is 0. The van der Waals surface area contributed by atoms with Gasteiger partial charge >= 0.3 is 0 Å². The Bertz CT molecular complexity index is 73.3. The Kier molecular flexibility index (Phi) is 5.32. The van der Waals surface area contributed by atoms with E-state index in [0.717, 1.165) is 19.4 Å².